The highest BCUT2D eigenvalue weighted by atomic mass is 32.1. The number of anilines is 1. The van der Waals surface area contributed by atoms with Crippen LogP contribution in [0.25, 0.3) is 0 Å². The zero-order chi connectivity index (χ0) is 21.4. The predicted octanol–water partition coefficient (Wildman–Crippen LogP) is 0.368. The summed E-state index contributed by atoms with van der Waals surface area (Å²) < 4.78 is 7.01. The van der Waals surface area contributed by atoms with E-state index in [1.54, 1.807) is 13.4 Å². The standard InChI is InChI=1S/C16H22N6O3S.CH2O2/c1-10-11(2)21(9-18-10)5-4-17-15(24)12-6-14(23)22(7-12)16-20-19-13(26-16)8-25-3;2-1-3/h9,12H,4-8H2,1-3H3,(H,17,24);1H,(H,2,3). The molecule has 2 aromatic rings. The van der Waals surface area contributed by atoms with Crippen LogP contribution in [0.4, 0.5) is 5.13 Å². The number of amides is 2. The molecular formula is C17H24N6O5S. The van der Waals surface area contributed by atoms with Crippen molar-refractivity contribution in [1.82, 2.24) is 25.1 Å². The Balaban J connectivity index is 0.000000941. The number of hydrogen-bond acceptors (Lipinski definition) is 8. The summed E-state index contributed by atoms with van der Waals surface area (Å²) in [6, 6.07) is 0. The molecule has 158 valence electrons. The van der Waals surface area contributed by atoms with Crippen molar-refractivity contribution in [3.05, 3.63) is 22.7 Å². The van der Waals surface area contributed by atoms with Crippen LogP contribution in [0, 0.1) is 19.8 Å². The monoisotopic (exact) mass is 424 g/mol. The number of nitrogens with zero attached hydrogens (tertiary/aromatic N) is 5. The summed E-state index contributed by atoms with van der Waals surface area (Å²) in [4.78, 5) is 38.8. The van der Waals surface area contributed by atoms with Gasteiger partial charge in [-0.3, -0.25) is 19.3 Å². The average Bonchev–Trinajstić information content (AvgIpc) is 3.38. The molecule has 1 saturated heterocycles. The van der Waals surface area contributed by atoms with Gasteiger partial charge in [0.05, 0.1) is 17.9 Å². The van der Waals surface area contributed by atoms with Gasteiger partial charge in [-0.15, -0.1) is 10.2 Å². The minimum atomic E-state index is -0.372. The molecule has 0 aliphatic carbocycles. The largest absolute Gasteiger partial charge is 0.483 e. The summed E-state index contributed by atoms with van der Waals surface area (Å²) in [6.45, 7) is 5.54. The van der Waals surface area contributed by atoms with Gasteiger partial charge in [0.15, 0.2) is 0 Å². The molecule has 2 amide bonds. The first kappa shape index (κ1) is 22.4. The number of ether oxygens (including phenoxy) is 1. The van der Waals surface area contributed by atoms with Crippen molar-refractivity contribution in [3.63, 3.8) is 0 Å². The summed E-state index contributed by atoms with van der Waals surface area (Å²) in [6.07, 6.45) is 1.96. The molecule has 0 saturated carbocycles. The first-order chi connectivity index (χ1) is 13.9. The zero-order valence-corrected chi connectivity index (χ0v) is 17.3. The number of aryl methyl sites for hydroxylation is 1. The summed E-state index contributed by atoms with van der Waals surface area (Å²) in [5, 5.41) is 19.0. The highest BCUT2D eigenvalue weighted by Crippen LogP contribution is 2.28. The maximum Gasteiger partial charge on any atom is 0.290 e. The molecular weight excluding hydrogens is 400 g/mol. The second-order valence-electron chi connectivity index (χ2n) is 6.32. The van der Waals surface area contributed by atoms with Crippen LogP contribution < -0.4 is 10.2 Å². The summed E-state index contributed by atoms with van der Waals surface area (Å²) in [5.74, 6) is -0.591. The Bertz CT molecular complexity index is 851. The topological polar surface area (TPSA) is 140 Å². The smallest absolute Gasteiger partial charge is 0.290 e. The maximum absolute atomic E-state index is 12.4. The molecule has 12 heteroatoms. The fourth-order valence-corrected chi connectivity index (χ4v) is 3.65. The second-order valence-corrected chi connectivity index (χ2v) is 7.36. The van der Waals surface area contributed by atoms with Crippen LogP contribution in [0.2, 0.25) is 0 Å². The van der Waals surface area contributed by atoms with E-state index in [0.29, 0.717) is 36.4 Å². The lowest BCUT2D eigenvalue weighted by Crippen LogP contribution is -2.34. The van der Waals surface area contributed by atoms with Gasteiger partial charge >= 0.3 is 0 Å². The van der Waals surface area contributed by atoms with Crippen molar-refractivity contribution in [3.8, 4) is 0 Å². The highest BCUT2D eigenvalue weighted by molar-refractivity contribution is 7.15. The van der Waals surface area contributed by atoms with Crippen LogP contribution >= 0.6 is 11.3 Å². The SMILES string of the molecule is COCc1nnc(N2CC(C(=O)NCCn3cnc(C)c3C)CC2=O)s1.O=CO. The van der Waals surface area contributed by atoms with Gasteiger partial charge in [0.1, 0.15) is 11.6 Å². The van der Waals surface area contributed by atoms with E-state index in [1.165, 1.54) is 16.2 Å². The Morgan fingerprint density at radius 3 is 2.79 bits per heavy atom. The van der Waals surface area contributed by atoms with Crippen molar-refractivity contribution in [2.24, 2.45) is 5.92 Å². The molecule has 2 aromatic heterocycles. The number of aromatic nitrogens is 4. The normalized spacial score (nSPS) is 15.8. The fraction of sp³-hybridized carbons (Fsp3) is 0.529. The van der Waals surface area contributed by atoms with E-state index in [1.807, 2.05) is 18.4 Å². The first-order valence-electron chi connectivity index (χ1n) is 8.86. The lowest BCUT2D eigenvalue weighted by molar-refractivity contribution is -0.126. The van der Waals surface area contributed by atoms with E-state index in [4.69, 9.17) is 14.6 Å². The van der Waals surface area contributed by atoms with Gasteiger partial charge in [0.2, 0.25) is 16.9 Å². The Labute approximate surface area is 171 Å². The summed E-state index contributed by atoms with van der Waals surface area (Å²) >= 11 is 1.31. The molecule has 3 rings (SSSR count). The summed E-state index contributed by atoms with van der Waals surface area (Å²) in [7, 11) is 1.58. The molecule has 11 nitrogen and oxygen atoms in total. The number of rotatable bonds is 7. The third-order valence-corrected chi connectivity index (χ3v) is 5.37. The maximum atomic E-state index is 12.4. The number of imidazole rings is 1. The van der Waals surface area contributed by atoms with E-state index in [-0.39, 0.29) is 30.6 Å². The van der Waals surface area contributed by atoms with Crippen LogP contribution in [0.1, 0.15) is 22.8 Å². The second kappa shape index (κ2) is 10.6. The van der Waals surface area contributed by atoms with Crippen molar-refractivity contribution in [2.75, 3.05) is 25.1 Å². The molecule has 1 aliphatic heterocycles. The molecule has 0 bridgehead atoms. The minimum Gasteiger partial charge on any atom is -0.483 e. The van der Waals surface area contributed by atoms with E-state index >= 15 is 0 Å². The van der Waals surface area contributed by atoms with Gasteiger partial charge in [-0.2, -0.15) is 0 Å². The Hall–Kier alpha value is -2.86. The number of methoxy groups -OCH3 is 1. The molecule has 29 heavy (non-hydrogen) atoms. The number of carboxylic acid groups (broad SMARTS) is 1. The van der Waals surface area contributed by atoms with Gasteiger partial charge in [-0.1, -0.05) is 11.3 Å². The molecule has 1 aliphatic rings. The highest BCUT2D eigenvalue weighted by Gasteiger charge is 2.36. The van der Waals surface area contributed by atoms with Crippen molar-refractivity contribution < 1.29 is 24.2 Å². The number of nitrogens with one attached hydrogen (secondary N) is 1. The lowest BCUT2D eigenvalue weighted by Gasteiger charge is -2.13. The van der Waals surface area contributed by atoms with Crippen LogP contribution in [-0.4, -0.2) is 63.3 Å². The Kier molecular flexibility index (Phi) is 8.21. The van der Waals surface area contributed by atoms with Crippen LogP contribution in [0.3, 0.4) is 0 Å². The van der Waals surface area contributed by atoms with E-state index in [0.717, 1.165) is 11.4 Å². The zero-order valence-electron chi connectivity index (χ0n) is 16.5. The van der Waals surface area contributed by atoms with Gasteiger partial charge in [0, 0.05) is 38.9 Å². The molecule has 1 fully saturated rings. The van der Waals surface area contributed by atoms with Crippen molar-refractivity contribution >= 4 is 34.8 Å². The van der Waals surface area contributed by atoms with Crippen LogP contribution in [0.15, 0.2) is 6.33 Å². The Morgan fingerprint density at radius 1 is 1.45 bits per heavy atom. The van der Waals surface area contributed by atoms with Gasteiger partial charge in [0.25, 0.3) is 6.47 Å². The number of carbonyl (C=O) groups excluding carboxylic acids is 2. The van der Waals surface area contributed by atoms with Gasteiger partial charge in [-0.25, -0.2) is 4.98 Å². The number of carbonyl (C=O) groups is 3. The predicted molar refractivity (Wildman–Crippen MR) is 104 cm³/mol. The van der Waals surface area contributed by atoms with Gasteiger partial charge in [-0.05, 0) is 13.8 Å². The number of hydrogen-bond donors (Lipinski definition) is 2. The summed E-state index contributed by atoms with van der Waals surface area (Å²) in [5.41, 5.74) is 2.07. The molecule has 2 N–H and O–H groups in total. The molecule has 0 spiro atoms. The van der Waals surface area contributed by atoms with Gasteiger partial charge < -0.3 is 19.7 Å². The van der Waals surface area contributed by atoms with E-state index < -0.39 is 0 Å². The quantitative estimate of drug-likeness (QED) is 0.608. The van der Waals surface area contributed by atoms with E-state index in [2.05, 4.69) is 20.5 Å². The van der Waals surface area contributed by atoms with Crippen molar-refractivity contribution in [1.29, 1.82) is 0 Å². The molecule has 1 unspecified atom stereocenters. The molecule has 0 aromatic carbocycles. The molecule has 1 atom stereocenters. The van der Waals surface area contributed by atoms with E-state index in [9.17, 15) is 9.59 Å². The van der Waals surface area contributed by atoms with Crippen molar-refractivity contribution in [2.45, 2.75) is 33.4 Å². The minimum absolute atomic E-state index is 0.105. The van der Waals surface area contributed by atoms with Crippen LogP contribution in [-0.2, 0) is 32.3 Å². The lowest BCUT2D eigenvalue weighted by atomic mass is 10.1. The van der Waals surface area contributed by atoms with Crippen LogP contribution in [0.5, 0.6) is 0 Å². The third-order valence-electron chi connectivity index (χ3n) is 4.45. The third kappa shape index (κ3) is 5.81. The Morgan fingerprint density at radius 2 is 2.17 bits per heavy atom. The first-order valence-corrected chi connectivity index (χ1v) is 9.68. The fourth-order valence-electron chi connectivity index (χ4n) is 2.82. The molecule has 3 heterocycles. The molecule has 0 radical (unpaired) electrons. The average molecular weight is 424 g/mol.